The van der Waals surface area contributed by atoms with Crippen LogP contribution in [0, 0.1) is 6.92 Å². The van der Waals surface area contributed by atoms with Crippen molar-refractivity contribution in [2.45, 2.75) is 39.4 Å². The quantitative estimate of drug-likeness (QED) is 0.816. The number of hydrogen-bond acceptors (Lipinski definition) is 3. The summed E-state index contributed by atoms with van der Waals surface area (Å²) in [5, 5.41) is 12.1. The second kappa shape index (κ2) is 5.49. The van der Waals surface area contributed by atoms with Gasteiger partial charge in [0.25, 0.3) is 0 Å². The topological polar surface area (TPSA) is 29.5 Å². The number of aliphatic hydroxyl groups excluding tert-OH is 1. The summed E-state index contributed by atoms with van der Waals surface area (Å²) < 4.78 is 5.49. The van der Waals surface area contributed by atoms with Crippen molar-refractivity contribution < 1.29 is 9.84 Å². The van der Waals surface area contributed by atoms with Crippen LogP contribution in [0.1, 0.15) is 36.8 Å². The summed E-state index contributed by atoms with van der Waals surface area (Å²) in [5.74, 6) is 0. The highest BCUT2D eigenvalue weighted by atomic mass is 32.1. The molecule has 0 saturated heterocycles. The largest absolute Gasteiger partial charge is 0.385 e. The van der Waals surface area contributed by atoms with Gasteiger partial charge in [-0.3, -0.25) is 0 Å². The van der Waals surface area contributed by atoms with E-state index in [4.69, 9.17) is 4.74 Å². The second-order valence-electron chi connectivity index (χ2n) is 3.31. The van der Waals surface area contributed by atoms with Crippen LogP contribution >= 0.6 is 11.3 Å². The summed E-state index contributed by atoms with van der Waals surface area (Å²) in [6, 6.07) is 2.03. The number of hydrogen-bond donors (Lipinski definition) is 1. The van der Waals surface area contributed by atoms with E-state index < -0.39 is 6.10 Å². The summed E-state index contributed by atoms with van der Waals surface area (Å²) in [4.78, 5) is 1.03. The van der Waals surface area contributed by atoms with Crippen LogP contribution in [0.2, 0.25) is 0 Å². The van der Waals surface area contributed by atoms with Crippen LogP contribution in [-0.2, 0) is 4.74 Å². The number of rotatable bonds is 5. The summed E-state index contributed by atoms with van der Waals surface area (Å²) in [5.41, 5.74) is 1.15. The van der Waals surface area contributed by atoms with E-state index in [9.17, 15) is 5.11 Å². The van der Waals surface area contributed by atoms with E-state index >= 15 is 0 Å². The maximum absolute atomic E-state index is 10.1. The molecule has 14 heavy (non-hydrogen) atoms. The van der Waals surface area contributed by atoms with Gasteiger partial charge < -0.3 is 9.84 Å². The van der Waals surface area contributed by atoms with Crippen LogP contribution in [-0.4, -0.2) is 17.8 Å². The van der Waals surface area contributed by atoms with Gasteiger partial charge in [-0.05, 0) is 37.3 Å². The Hall–Kier alpha value is -0.380. The van der Waals surface area contributed by atoms with Crippen molar-refractivity contribution >= 4 is 11.3 Å². The lowest BCUT2D eigenvalue weighted by Crippen LogP contribution is -2.21. The van der Waals surface area contributed by atoms with Gasteiger partial charge in [0.1, 0.15) is 6.10 Å². The van der Waals surface area contributed by atoms with Crippen LogP contribution < -0.4 is 0 Å². The molecular weight excluding hydrogens is 196 g/mol. The zero-order valence-corrected chi connectivity index (χ0v) is 9.80. The fourth-order valence-electron chi connectivity index (χ4n) is 1.50. The molecule has 0 saturated carbocycles. The number of aryl methyl sites for hydroxylation is 1. The van der Waals surface area contributed by atoms with Crippen LogP contribution in [0.4, 0.5) is 0 Å². The number of ether oxygens (including phenoxy) is 1. The summed E-state index contributed by atoms with van der Waals surface area (Å²) in [7, 11) is 0. The maximum atomic E-state index is 10.1. The number of thiophene rings is 1. The van der Waals surface area contributed by atoms with Crippen molar-refractivity contribution in [2.75, 3.05) is 6.61 Å². The standard InChI is InChI=1S/C11H18O2S/c1-4-9(13-5-2)10(12)11-8(3)6-7-14-11/h6-7,9-10,12H,4-5H2,1-3H3. The van der Waals surface area contributed by atoms with E-state index in [1.807, 2.05) is 32.2 Å². The highest BCUT2D eigenvalue weighted by molar-refractivity contribution is 7.10. The van der Waals surface area contributed by atoms with Crippen molar-refractivity contribution in [1.29, 1.82) is 0 Å². The molecule has 80 valence electrons. The second-order valence-corrected chi connectivity index (χ2v) is 4.26. The number of aliphatic hydroxyl groups is 1. The molecule has 0 radical (unpaired) electrons. The third-order valence-electron chi connectivity index (χ3n) is 2.31. The van der Waals surface area contributed by atoms with Crippen molar-refractivity contribution in [2.24, 2.45) is 0 Å². The molecule has 2 unspecified atom stereocenters. The van der Waals surface area contributed by atoms with Gasteiger partial charge in [0.05, 0.1) is 6.10 Å². The van der Waals surface area contributed by atoms with Crippen molar-refractivity contribution in [3.05, 3.63) is 21.9 Å². The molecule has 0 aliphatic rings. The molecule has 0 aromatic carbocycles. The Morgan fingerprint density at radius 3 is 2.64 bits per heavy atom. The molecule has 0 fully saturated rings. The lowest BCUT2D eigenvalue weighted by atomic mass is 10.1. The Balaban J connectivity index is 2.72. The summed E-state index contributed by atoms with van der Waals surface area (Å²) in [6.07, 6.45) is 0.295. The molecule has 2 atom stereocenters. The van der Waals surface area contributed by atoms with Gasteiger partial charge in [0.15, 0.2) is 0 Å². The Kier molecular flexibility index (Phi) is 4.58. The molecule has 1 N–H and O–H groups in total. The van der Waals surface area contributed by atoms with Gasteiger partial charge in [-0.2, -0.15) is 0 Å². The van der Waals surface area contributed by atoms with Gasteiger partial charge in [0, 0.05) is 11.5 Å². The van der Waals surface area contributed by atoms with E-state index in [1.165, 1.54) is 0 Å². The molecule has 1 aromatic rings. The minimum Gasteiger partial charge on any atom is -0.385 e. The van der Waals surface area contributed by atoms with Gasteiger partial charge in [0.2, 0.25) is 0 Å². The fraction of sp³-hybridized carbons (Fsp3) is 0.636. The predicted molar refractivity (Wildman–Crippen MR) is 59.7 cm³/mol. The Morgan fingerprint density at radius 2 is 2.21 bits per heavy atom. The minimum absolute atomic E-state index is 0.0719. The lowest BCUT2D eigenvalue weighted by molar-refractivity contribution is -0.0342. The van der Waals surface area contributed by atoms with E-state index in [0.717, 1.165) is 16.9 Å². The lowest BCUT2D eigenvalue weighted by Gasteiger charge is -2.21. The van der Waals surface area contributed by atoms with Gasteiger partial charge in [-0.25, -0.2) is 0 Å². The summed E-state index contributed by atoms with van der Waals surface area (Å²) in [6.45, 7) is 6.66. The maximum Gasteiger partial charge on any atom is 0.114 e. The third kappa shape index (κ3) is 2.56. The zero-order valence-electron chi connectivity index (χ0n) is 8.99. The van der Waals surface area contributed by atoms with Crippen LogP contribution in [0.25, 0.3) is 0 Å². The average molecular weight is 214 g/mol. The molecule has 0 amide bonds. The SMILES string of the molecule is CCOC(CC)C(O)c1sccc1C. The van der Waals surface area contributed by atoms with E-state index in [-0.39, 0.29) is 6.10 Å². The Morgan fingerprint density at radius 1 is 1.50 bits per heavy atom. The monoisotopic (exact) mass is 214 g/mol. The predicted octanol–water partition coefficient (Wildman–Crippen LogP) is 2.91. The van der Waals surface area contributed by atoms with E-state index in [0.29, 0.717) is 6.61 Å². The van der Waals surface area contributed by atoms with Crippen molar-refractivity contribution in [1.82, 2.24) is 0 Å². The molecule has 1 aromatic heterocycles. The van der Waals surface area contributed by atoms with Gasteiger partial charge in [-0.15, -0.1) is 11.3 Å². The van der Waals surface area contributed by atoms with Gasteiger partial charge >= 0.3 is 0 Å². The van der Waals surface area contributed by atoms with Gasteiger partial charge in [-0.1, -0.05) is 6.92 Å². The molecule has 2 nitrogen and oxygen atoms in total. The van der Waals surface area contributed by atoms with Crippen molar-refractivity contribution in [3.63, 3.8) is 0 Å². The smallest absolute Gasteiger partial charge is 0.114 e. The molecule has 0 spiro atoms. The normalized spacial score (nSPS) is 15.4. The first-order valence-electron chi connectivity index (χ1n) is 5.04. The average Bonchev–Trinajstić information content (AvgIpc) is 2.59. The molecule has 0 aliphatic heterocycles. The zero-order chi connectivity index (χ0) is 10.6. The Labute approximate surface area is 89.5 Å². The highest BCUT2D eigenvalue weighted by Crippen LogP contribution is 2.28. The minimum atomic E-state index is -0.472. The van der Waals surface area contributed by atoms with Crippen LogP contribution in [0.15, 0.2) is 11.4 Å². The van der Waals surface area contributed by atoms with Crippen LogP contribution in [0.3, 0.4) is 0 Å². The first-order chi connectivity index (χ1) is 6.70. The summed E-state index contributed by atoms with van der Waals surface area (Å²) >= 11 is 1.60. The Bertz CT molecular complexity index is 270. The molecule has 0 aliphatic carbocycles. The third-order valence-corrected chi connectivity index (χ3v) is 3.40. The fourth-order valence-corrected chi connectivity index (χ4v) is 2.47. The highest BCUT2D eigenvalue weighted by Gasteiger charge is 2.21. The van der Waals surface area contributed by atoms with Crippen molar-refractivity contribution in [3.8, 4) is 0 Å². The van der Waals surface area contributed by atoms with E-state index in [2.05, 4.69) is 0 Å². The molecule has 3 heteroatoms. The van der Waals surface area contributed by atoms with Crippen LogP contribution in [0.5, 0.6) is 0 Å². The first kappa shape index (κ1) is 11.7. The van der Waals surface area contributed by atoms with E-state index in [1.54, 1.807) is 11.3 Å². The molecule has 1 heterocycles. The molecule has 0 bridgehead atoms. The first-order valence-corrected chi connectivity index (χ1v) is 5.92. The molecule has 1 rings (SSSR count). The molecular formula is C11H18O2S.